The summed E-state index contributed by atoms with van der Waals surface area (Å²) in [5, 5.41) is 0. The molecule has 0 radical (unpaired) electrons. The molecule has 1 atom stereocenters. The second-order valence-electron chi connectivity index (χ2n) is 5.63. The number of benzene rings is 2. The van der Waals surface area contributed by atoms with Crippen molar-refractivity contribution < 1.29 is 9.53 Å². The standard InChI is InChI=1S/C20H24N2O2/c1-3-13-22(15-16-9-11-18(24-2)12-10-16)20(23)14-19(21)17-7-5-4-6-8-17/h3-12,19H,1,13-15,21H2,2H3. The Morgan fingerprint density at radius 3 is 2.46 bits per heavy atom. The molecule has 0 aromatic heterocycles. The molecule has 0 fully saturated rings. The number of rotatable bonds is 8. The summed E-state index contributed by atoms with van der Waals surface area (Å²) in [6.45, 7) is 4.76. The van der Waals surface area contributed by atoms with Crippen LogP contribution in [0.3, 0.4) is 0 Å². The Labute approximate surface area is 143 Å². The minimum atomic E-state index is -0.304. The fourth-order valence-corrected chi connectivity index (χ4v) is 2.50. The Morgan fingerprint density at radius 1 is 1.21 bits per heavy atom. The molecule has 2 aromatic carbocycles. The zero-order valence-corrected chi connectivity index (χ0v) is 14.0. The van der Waals surface area contributed by atoms with Gasteiger partial charge in [0, 0.05) is 25.6 Å². The molecule has 0 aliphatic heterocycles. The van der Waals surface area contributed by atoms with Crippen LogP contribution < -0.4 is 10.5 Å². The molecule has 0 spiro atoms. The molecule has 2 N–H and O–H groups in total. The normalized spacial score (nSPS) is 11.6. The second kappa shape index (κ2) is 8.89. The molecule has 0 aliphatic carbocycles. The molecule has 0 bridgehead atoms. The molecule has 0 saturated carbocycles. The van der Waals surface area contributed by atoms with Gasteiger partial charge in [-0.15, -0.1) is 6.58 Å². The fraction of sp³-hybridized carbons (Fsp3) is 0.250. The fourth-order valence-electron chi connectivity index (χ4n) is 2.50. The van der Waals surface area contributed by atoms with Crippen molar-refractivity contribution in [3.63, 3.8) is 0 Å². The van der Waals surface area contributed by atoms with E-state index in [9.17, 15) is 4.79 Å². The number of ether oxygens (including phenoxy) is 1. The van der Waals surface area contributed by atoms with Crippen molar-refractivity contribution in [3.8, 4) is 5.75 Å². The number of amides is 1. The summed E-state index contributed by atoms with van der Waals surface area (Å²) in [7, 11) is 1.63. The first-order valence-corrected chi connectivity index (χ1v) is 7.96. The van der Waals surface area contributed by atoms with Crippen molar-refractivity contribution in [2.75, 3.05) is 13.7 Å². The lowest BCUT2D eigenvalue weighted by Gasteiger charge is -2.23. The van der Waals surface area contributed by atoms with E-state index in [0.29, 0.717) is 13.1 Å². The molecule has 2 rings (SSSR count). The summed E-state index contributed by atoms with van der Waals surface area (Å²) in [6.07, 6.45) is 2.00. The Bertz CT molecular complexity index is 653. The van der Waals surface area contributed by atoms with Crippen LogP contribution >= 0.6 is 0 Å². The summed E-state index contributed by atoms with van der Waals surface area (Å²) in [5.41, 5.74) is 8.18. The number of carbonyl (C=O) groups is 1. The van der Waals surface area contributed by atoms with Crippen molar-refractivity contribution in [1.29, 1.82) is 0 Å². The molecule has 1 amide bonds. The van der Waals surface area contributed by atoms with Gasteiger partial charge in [-0.1, -0.05) is 48.5 Å². The Kier molecular flexibility index (Phi) is 6.58. The molecule has 0 heterocycles. The molecule has 24 heavy (non-hydrogen) atoms. The number of hydrogen-bond donors (Lipinski definition) is 1. The van der Waals surface area contributed by atoms with Crippen LogP contribution in [0.5, 0.6) is 5.75 Å². The first-order chi connectivity index (χ1) is 11.6. The minimum Gasteiger partial charge on any atom is -0.497 e. The van der Waals surface area contributed by atoms with Crippen LogP contribution in [0.2, 0.25) is 0 Å². The van der Waals surface area contributed by atoms with Crippen molar-refractivity contribution in [1.82, 2.24) is 4.90 Å². The van der Waals surface area contributed by atoms with Gasteiger partial charge in [-0.2, -0.15) is 0 Å². The Hall–Kier alpha value is -2.59. The lowest BCUT2D eigenvalue weighted by molar-refractivity contribution is -0.131. The van der Waals surface area contributed by atoms with Gasteiger partial charge in [-0.05, 0) is 23.3 Å². The molecule has 4 nitrogen and oxygen atoms in total. The van der Waals surface area contributed by atoms with Gasteiger partial charge in [0.2, 0.25) is 5.91 Å². The molecule has 0 aliphatic rings. The highest BCUT2D eigenvalue weighted by atomic mass is 16.5. The Balaban J connectivity index is 2.02. The number of methoxy groups -OCH3 is 1. The average molecular weight is 324 g/mol. The van der Waals surface area contributed by atoms with Crippen LogP contribution in [-0.2, 0) is 11.3 Å². The van der Waals surface area contributed by atoms with Crippen LogP contribution in [0.15, 0.2) is 67.3 Å². The van der Waals surface area contributed by atoms with Gasteiger partial charge in [-0.3, -0.25) is 4.79 Å². The van der Waals surface area contributed by atoms with Gasteiger partial charge < -0.3 is 15.4 Å². The van der Waals surface area contributed by atoms with E-state index in [1.807, 2.05) is 54.6 Å². The zero-order valence-electron chi connectivity index (χ0n) is 14.0. The lowest BCUT2D eigenvalue weighted by atomic mass is 10.0. The monoisotopic (exact) mass is 324 g/mol. The predicted octanol–water partition coefficient (Wildman–Crippen LogP) is 3.30. The third-order valence-electron chi connectivity index (χ3n) is 3.86. The lowest BCUT2D eigenvalue weighted by Crippen LogP contribution is -2.33. The molecular weight excluding hydrogens is 300 g/mol. The predicted molar refractivity (Wildman–Crippen MR) is 96.6 cm³/mol. The maximum absolute atomic E-state index is 12.6. The third-order valence-corrected chi connectivity index (χ3v) is 3.86. The first kappa shape index (κ1) is 17.8. The minimum absolute atomic E-state index is 0.0158. The van der Waals surface area contributed by atoms with Gasteiger partial charge in [-0.25, -0.2) is 0 Å². The van der Waals surface area contributed by atoms with E-state index >= 15 is 0 Å². The van der Waals surface area contributed by atoms with Crippen molar-refractivity contribution >= 4 is 5.91 Å². The number of carbonyl (C=O) groups excluding carboxylic acids is 1. The Morgan fingerprint density at radius 2 is 1.88 bits per heavy atom. The second-order valence-corrected chi connectivity index (χ2v) is 5.63. The summed E-state index contributed by atoms with van der Waals surface area (Å²) in [4.78, 5) is 14.4. The highest BCUT2D eigenvalue weighted by Gasteiger charge is 2.17. The largest absolute Gasteiger partial charge is 0.497 e. The van der Waals surface area contributed by atoms with E-state index in [-0.39, 0.29) is 18.4 Å². The molecule has 1 unspecified atom stereocenters. The van der Waals surface area contributed by atoms with E-state index in [0.717, 1.165) is 16.9 Å². The summed E-state index contributed by atoms with van der Waals surface area (Å²) in [5.74, 6) is 0.813. The van der Waals surface area contributed by atoms with Crippen molar-refractivity contribution in [3.05, 3.63) is 78.4 Å². The van der Waals surface area contributed by atoms with E-state index in [1.165, 1.54) is 0 Å². The van der Waals surface area contributed by atoms with Gasteiger partial charge in [0.05, 0.1) is 7.11 Å². The number of nitrogens with zero attached hydrogens (tertiary/aromatic N) is 1. The SMILES string of the molecule is C=CCN(Cc1ccc(OC)cc1)C(=O)CC(N)c1ccccc1. The van der Waals surface area contributed by atoms with Gasteiger partial charge in [0.25, 0.3) is 0 Å². The van der Waals surface area contributed by atoms with Crippen LogP contribution in [0.1, 0.15) is 23.6 Å². The average Bonchev–Trinajstić information content (AvgIpc) is 2.62. The molecule has 0 saturated heterocycles. The molecular formula is C20H24N2O2. The summed E-state index contributed by atoms with van der Waals surface area (Å²) < 4.78 is 5.16. The molecule has 2 aromatic rings. The maximum Gasteiger partial charge on any atom is 0.225 e. The van der Waals surface area contributed by atoms with Gasteiger partial charge >= 0.3 is 0 Å². The van der Waals surface area contributed by atoms with E-state index in [4.69, 9.17) is 10.5 Å². The number of hydrogen-bond acceptors (Lipinski definition) is 3. The highest BCUT2D eigenvalue weighted by molar-refractivity contribution is 5.77. The first-order valence-electron chi connectivity index (χ1n) is 7.96. The quantitative estimate of drug-likeness (QED) is 0.758. The van der Waals surface area contributed by atoms with E-state index in [1.54, 1.807) is 18.1 Å². The van der Waals surface area contributed by atoms with Crippen molar-refractivity contribution in [2.24, 2.45) is 5.73 Å². The van der Waals surface area contributed by atoms with E-state index < -0.39 is 0 Å². The highest BCUT2D eigenvalue weighted by Crippen LogP contribution is 2.17. The summed E-state index contributed by atoms with van der Waals surface area (Å²) >= 11 is 0. The molecule has 126 valence electrons. The zero-order chi connectivity index (χ0) is 17.4. The topological polar surface area (TPSA) is 55.6 Å². The molecule has 4 heteroatoms. The van der Waals surface area contributed by atoms with Crippen LogP contribution in [0.25, 0.3) is 0 Å². The van der Waals surface area contributed by atoms with Crippen LogP contribution in [0.4, 0.5) is 0 Å². The van der Waals surface area contributed by atoms with Gasteiger partial charge in [0.15, 0.2) is 0 Å². The number of nitrogens with two attached hydrogens (primary N) is 1. The summed E-state index contributed by atoms with van der Waals surface area (Å²) in [6, 6.07) is 17.1. The van der Waals surface area contributed by atoms with Crippen molar-refractivity contribution in [2.45, 2.75) is 19.0 Å². The van der Waals surface area contributed by atoms with Crippen LogP contribution in [-0.4, -0.2) is 24.5 Å². The van der Waals surface area contributed by atoms with Gasteiger partial charge in [0.1, 0.15) is 5.75 Å². The van der Waals surface area contributed by atoms with Crippen LogP contribution in [0, 0.1) is 0 Å². The van der Waals surface area contributed by atoms with E-state index in [2.05, 4.69) is 6.58 Å². The maximum atomic E-state index is 12.6. The smallest absolute Gasteiger partial charge is 0.225 e. The third kappa shape index (κ3) is 4.96.